The van der Waals surface area contributed by atoms with Crippen LogP contribution in [0, 0.1) is 0 Å². The van der Waals surface area contributed by atoms with E-state index < -0.39 is 0 Å². The molecule has 76 valence electrons. The summed E-state index contributed by atoms with van der Waals surface area (Å²) in [6, 6.07) is 0. The van der Waals surface area contributed by atoms with Crippen molar-refractivity contribution < 1.29 is 0 Å². The molecule has 1 aliphatic heterocycles. The first kappa shape index (κ1) is 8.79. The number of aromatic nitrogens is 2. The molecule has 0 bridgehead atoms. The molecule has 2 N–H and O–H groups in total. The molecule has 0 saturated heterocycles. The molecule has 4 nitrogen and oxygen atoms in total. The predicted molar refractivity (Wildman–Crippen MR) is 59.7 cm³/mol. The fraction of sp³-hybridized carbons (Fsp3) is 0.200. The number of fused-ring (bicyclic) bond motifs is 1. The summed E-state index contributed by atoms with van der Waals surface area (Å²) in [6.45, 7) is 0. The summed E-state index contributed by atoms with van der Waals surface area (Å²) in [5.74, 6) is 0.755. The van der Waals surface area contributed by atoms with Gasteiger partial charge in [-0.25, -0.2) is 9.78 Å². The predicted octanol–water partition coefficient (Wildman–Crippen LogP) is 1.85. The average molecular weight is 219 g/mol. The average Bonchev–Trinajstić information content (AvgIpc) is 2.26. The highest BCUT2D eigenvalue weighted by atomic mass is 32.2. The van der Waals surface area contributed by atoms with Crippen molar-refractivity contribution in [3.05, 3.63) is 39.4 Å². The second-order valence-electron chi connectivity index (χ2n) is 3.43. The van der Waals surface area contributed by atoms with Crippen LogP contribution >= 0.6 is 11.8 Å². The van der Waals surface area contributed by atoms with E-state index in [1.54, 1.807) is 18.0 Å². The molecule has 0 fully saturated rings. The van der Waals surface area contributed by atoms with Gasteiger partial charge in [0.05, 0.1) is 11.1 Å². The summed E-state index contributed by atoms with van der Waals surface area (Å²) in [4.78, 5) is 19.8. The number of rotatable bonds is 0. The van der Waals surface area contributed by atoms with Crippen molar-refractivity contribution in [1.29, 1.82) is 0 Å². The number of allylic oxidation sites excluding steroid dienone is 3. The van der Waals surface area contributed by atoms with Gasteiger partial charge in [-0.1, -0.05) is 17.8 Å². The summed E-state index contributed by atoms with van der Waals surface area (Å²) in [5, 5.41) is 3.22. The van der Waals surface area contributed by atoms with Gasteiger partial charge in [0.1, 0.15) is 5.82 Å². The molecular weight excluding hydrogens is 210 g/mol. The highest BCUT2D eigenvalue weighted by Crippen LogP contribution is 2.41. The Morgan fingerprint density at radius 1 is 1.47 bits per heavy atom. The normalized spacial score (nSPS) is 18.1. The lowest BCUT2D eigenvalue weighted by Gasteiger charge is -2.23. The molecule has 15 heavy (non-hydrogen) atoms. The standard InChI is InChI=1S/C10H9N3OS/c14-10-11-5-8-9(13-10)12-6-3-1-2-4-7(6)15-8/h1,3,5H,2,4H2,(H2,11,12,13,14). The fourth-order valence-corrected chi connectivity index (χ4v) is 2.70. The van der Waals surface area contributed by atoms with E-state index >= 15 is 0 Å². The molecule has 1 aliphatic carbocycles. The van der Waals surface area contributed by atoms with Gasteiger partial charge in [0.25, 0.3) is 0 Å². The minimum Gasteiger partial charge on any atom is -0.340 e. The van der Waals surface area contributed by atoms with Gasteiger partial charge in [0, 0.05) is 10.6 Å². The van der Waals surface area contributed by atoms with Crippen LogP contribution in [-0.2, 0) is 0 Å². The Hall–Kier alpha value is -1.49. The smallest absolute Gasteiger partial charge is 0.340 e. The van der Waals surface area contributed by atoms with E-state index in [0.717, 1.165) is 29.3 Å². The fourth-order valence-electron chi connectivity index (χ4n) is 1.68. The third-order valence-corrected chi connectivity index (χ3v) is 3.59. The number of nitrogens with one attached hydrogen (secondary N) is 2. The molecule has 2 aliphatic rings. The van der Waals surface area contributed by atoms with Crippen LogP contribution in [0.1, 0.15) is 12.8 Å². The first-order valence-electron chi connectivity index (χ1n) is 4.77. The van der Waals surface area contributed by atoms with E-state index in [1.807, 2.05) is 0 Å². The first-order chi connectivity index (χ1) is 7.33. The van der Waals surface area contributed by atoms with Crippen molar-refractivity contribution in [3.63, 3.8) is 0 Å². The highest BCUT2D eigenvalue weighted by Gasteiger charge is 2.19. The minimum absolute atomic E-state index is 0.314. The zero-order chi connectivity index (χ0) is 10.3. The maximum atomic E-state index is 11.1. The number of H-pyrrole nitrogens is 1. The number of hydrogen-bond acceptors (Lipinski definition) is 4. The summed E-state index contributed by atoms with van der Waals surface area (Å²) < 4.78 is 0. The summed E-state index contributed by atoms with van der Waals surface area (Å²) in [5.41, 5.74) is 0.784. The largest absolute Gasteiger partial charge is 0.346 e. The van der Waals surface area contributed by atoms with Crippen LogP contribution in [0.3, 0.4) is 0 Å². The molecule has 0 radical (unpaired) electrons. The zero-order valence-corrected chi connectivity index (χ0v) is 8.73. The van der Waals surface area contributed by atoms with Crippen LogP contribution in [0.25, 0.3) is 0 Å². The van der Waals surface area contributed by atoms with E-state index in [0.29, 0.717) is 0 Å². The van der Waals surface area contributed by atoms with Crippen LogP contribution in [-0.4, -0.2) is 9.97 Å². The quantitative estimate of drug-likeness (QED) is 0.699. The summed E-state index contributed by atoms with van der Waals surface area (Å²) in [7, 11) is 0. The zero-order valence-electron chi connectivity index (χ0n) is 7.91. The Bertz CT molecular complexity index is 530. The third kappa shape index (κ3) is 1.48. The lowest BCUT2D eigenvalue weighted by atomic mass is 10.1. The molecule has 3 rings (SSSR count). The van der Waals surface area contributed by atoms with E-state index in [9.17, 15) is 4.79 Å². The Labute approximate surface area is 90.5 Å². The molecule has 0 amide bonds. The van der Waals surface area contributed by atoms with Gasteiger partial charge >= 0.3 is 5.69 Å². The topological polar surface area (TPSA) is 57.8 Å². The Kier molecular flexibility index (Phi) is 1.92. The van der Waals surface area contributed by atoms with Crippen LogP contribution in [0.4, 0.5) is 5.82 Å². The number of hydrogen-bond donors (Lipinski definition) is 2. The molecule has 2 heterocycles. The second kappa shape index (κ2) is 3.27. The third-order valence-electron chi connectivity index (χ3n) is 2.39. The van der Waals surface area contributed by atoms with E-state index in [4.69, 9.17) is 0 Å². The molecular formula is C10H9N3OS. The van der Waals surface area contributed by atoms with Crippen molar-refractivity contribution in [2.75, 3.05) is 5.32 Å². The van der Waals surface area contributed by atoms with Gasteiger partial charge in [-0.3, -0.25) is 4.98 Å². The molecule has 0 saturated carbocycles. The van der Waals surface area contributed by atoms with E-state index in [1.165, 1.54) is 4.91 Å². The van der Waals surface area contributed by atoms with Crippen LogP contribution in [0.2, 0.25) is 0 Å². The summed E-state index contributed by atoms with van der Waals surface area (Å²) in [6.07, 6.45) is 7.96. The number of anilines is 1. The molecule has 0 spiro atoms. The monoisotopic (exact) mass is 219 g/mol. The number of thioether (sulfide) groups is 1. The lowest BCUT2D eigenvalue weighted by Crippen LogP contribution is -2.17. The Morgan fingerprint density at radius 3 is 3.33 bits per heavy atom. The first-order valence-corrected chi connectivity index (χ1v) is 5.58. The van der Waals surface area contributed by atoms with Gasteiger partial charge in [-0.05, 0) is 18.9 Å². The summed E-state index contributed by atoms with van der Waals surface area (Å²) >= 11 is 1.68. The maximum absolute atomic E-state index is 11.1. The maximum Gasteiger partial charge on any atom is 0.346 e. The van der Waals surface area contributed by atoms with Gasteiger partial charge in [0.15, 0.2) is 0 Å². The Balaban J connectivity index is 2.07. The van der Waals surface area contributed by atoms with Crippen molar-refractivity contribution in [1.82, 2.24) is 9.97 Å². The van der Waals surface area contributed by atoms with Crippen LogP contribution in [0.15, 0.2) is 38.6 Å². The van der Waals surface area contributed by atoms with Crippen molar-refractivity contribution in [2.24, 2.45) is 0 Å². The van der Waals surface area contributed by atoms with Crippen molar-refractivity contribution in [2.45, 2.75) is 17.7 Å². The van der Waals surface area contributed by atoms with Crippen LogP contribution in [0.5, 0.6) is 0 Å². The second-order valence-corrected chi connectivity index (χ2v) is 4.57. The number of aromatic amines is 1. The SMILES string of the molecule is O=c1ncc2c([nH]1)NC1=C(CCC=C1)S2. The molecule has 5 heteroatoms. The van der Waals surface area contributed by atoms with Gasteiger partial charge in [-0.15, -0.1) is 0 Å². The van der Waals surface area contributed by atoms with E-state index in [2.05, 4.69) is 27.4 Å². The van der Waals surface area contributed by atoms with Crippen molar-refractivity contribution in [3.8, 4) is 0 Å². The highest BCUT2D eigenvalue weighted by molar-refractivity contribution is 8.03. The Morgan fingerprint density at radius 2 is 2.40 bits per heavy atom. The van der Waals surface area contributed by atoms with Crippen molar-refractivity contribution >= 4 is 17.6 Å². The number of nitrogens with zero attached hydrogens (tertiary/aromatic N) is 1. The molecule has 1 aromatic rings. The van der Waals surface area contributed by atoms with Gasteiger partial charge in [0.2, 0.25) is 0 Å². The van der Waals surface area contributed by atoms with Crippen LogP contribution < -0.4 is 11.0 Å². The van der Waals surface area contributed by atoms with Gasteiger partial charge < -0.3 is 5.32 Å². The molecule has 0 atom stereocenters. The lowest BCUT2D eigenvalue weighted by molar-refractivity contribution is 0.972. The molecule has 0 unspecified atom stereocenters. The molecule has 1 aromatic heterocycles. The molecule has 0 aromatic carbocycles. The van der Waals surface area contributed by atoms with E-state index in [-0.39, 0.29) is 5.69 Å². The minimum atomic E-state index is -0.314. The van der Waals surface area contributed by atoms with Gasteiger partial charge in [-0.2, -0.15) is 0 Å².